The summed E-state index contributed by atoms with van der Waals surface area (Å²) < 4.78 is 13.9. The predicted octanol–water partition coefficient (Wildman–Crippen LogP) is 4.11. The highest BCUT2D eigenvalue weighted by Gasteiger charge is 2.40. The van der Waals surface area contributed by atoms with E-state index < -0.39 is 0 Å². The highest BCUT2D eigenvalue weighted by molar-refractivity contribution is 5.89. The van der Waals surface area contributed by atoms with Gasteiger partial charge >= 0.3 is 5.97 Å². The van der Waals surface area contributed by atoms with Gasteiger partial charge in [-0.1, -0.05) is 48.5 Å². The van der Waals surface area contributed by atoms with E-state index in [0.717, 1.165) is 17.7 Å². The summed E-state index contributed by atoms with van der Waals surface area (Å²) in [5, 5.41) is 4.29. The van der Waals surface area contributed by atoms with Gasteiger partial charge in [0.25, 0.3) is 0 Å². The first-order valence-corrected chi connectivity index (χ1v) is 9.60. The third-order valence-electron chi connectivity index (χ3n) is 5.30. The smallest absolute Gasteiger partial charge is 0.338 e. The Bertz CT molecular complexity index is 908. The molecule has 5 heteroatoms. The van der Waals surface area contributed by atoms with Crippen LogP contribution in [0.2, 0.25) is 0 Å². The van der Waals surface area contributed by atoms with Crippen molar-refractivity contribution in [1.82, 2.24) is 9.78 Å². The van der Waals surface area contributed by atoms with Crippen LogP contribution in [-0.2, 0) is 23.1 Å². The molecular formula is C23H24N2O3. The number of aryl methyl sites for hydroxylation is 1. The van der Waals surface area contributed by atoms with E-state index in [1.54, 1.807) is 18.3 Å². The van der Waals surface area contributed by atoms with Gasteiger partial charge in [0.1, 0.15) is 6.10 Å². The van der Waals surface area contributed by atoms with Crippen molar-refractivity contribution >= 4 is 5.97 Å². The third kappa shape index (κ3) is 4.15. The molecule has 0 aliphatic heterocycles. The van der Waals surface area contributed by atoms with Crippen molar-refractivity contribution in [1.29, 1.82) is 0 Å². The van der Waals surface area contributed by atoms with Crippen LogP contribution in [0.3, 0.4) is 0 Å². The van der Waals surface area contributed by atoms with Gasteiger partial charge in [-0.15, -0.1) is 0 Å². The molecule has 0 N–H and O–H groups in total. The number of hydrogen-bond acceptors (Lipinski definition) is 4. The van der Waals surface area contributed by atoms with Gasteiger partial charge in [0, 0.05) is 31.3 Å². The number of esters is 1. The van der Waals surface area contributed by atoms with Gasteiger partial charge in [0.15, 0.2) is 0 Å². The average Bonchev–Trinajstić information content (AvgIpc) is 3.33. The summed E-state index contributed by atoms with van der Waals surface area (Å²) in [6.07, 6.45) is 3.07. The fourth-order valence-electron chi connectivity index (χ4n) is 3.85. The largest absolute Gasteiger partial charge is 0.458 e. The molecule has 0 unspecified atom stereocenters. The van der Waals surface area contributed by atoms with Gasteiger partial charge in [-0.25, -0.2) is 4.79 Å². The van der Waals surface area contributed by atoms with Crippen molar-refractivity contribution in [3.8, 4) is 0 Å². The van der Waals surface area contributed by atoms with E-state index in [4.69, 9.17) is 9.47 Å². The zero-order valence-corrected chi connectivity index (χ0v) is 15.9. The predicted molar refractivity (Wildman–Crippen MR) is 106 cm³/mol. The van der Waals surface area contributed by atoms with Crippen molar-refractivity contribution in [2.75, 3.05) is 0 Å². The van der Waals surface area contributed by atoms with Crippen LogP contribution in [0, 0.1) is 0 Å². The molecule has 0 saturated heterocycles. The molecule has 1 saturated carbocycles. The maximum atomic E-state index is 12.6. The first-order chi connectivity index (χ1) is 13.7. The van der Waals surface area contributed by atoms with Gasteiger partial charge in [-0.05, 0) is 30.2 Å². The normalized spacial score (nSPS) is 21.5. The lowest BCUT2D eigenvalue weighted by Gasteiger charge is -2.20. The number of ether oxygens (including phenoxy) is 2. The molecule has 1 heterocycles. The van der Waals surface area contributed by atoms with Crippen LogP contribution < -0.4 is 0 Å². The van der Waals surface area contributed by atoms with Crippen molar-refractivity contribution in [3.05, 3.63) is 89.7 Å². The Labute approximate surface area is 164 Å². The summed E-state index contributed by atoms with van der Waals surface area (Å²) in [5.74, 6) is -0.220. The van der Waals surface area contributed by atoms with E-state index in [-0.39, 0.29) is 24.1 Å². The van der Waals surface area contributed by atoms with E-state index >= 15 is 0 Å². The number of carbonyl (C=O) groups is 1. The Morgan fingerprint density at radius 2 is 1.75 bits per heavy atom. The molecule has 1 aliphatic carbocycles. The summed E-state index contributed by atoms with van der Waals surface area (Å²) in [6.45, 7) is 0.558. The highest BCUT2D eigenvalue weighted by Crippen LogP contribution is 2.38. The SMILES string of the molecule is Cn1nccc1[C@H]1C[C@H](OCc2ccccc2)C[C@@H]1OC(=O)c1ccccc1. The summed E-state index contributed by atoms with van der Waals surface area (Å²) in [4.78, 5) is 12.6. The third-order valence-corrected chi connectivity index (χ3v) is 5.30. The summed E-state index contributed by atoms with van der Waals surface area (Å²) in [5.41, 5.74) is 2.78. The Morgan fingerprint density at radius 1 is 1.04 bits per heavy atom. The fraction of sp³-hybridized carbons (Fsp3) is 0.304. The van der Waals surface area contributed by atoms with Crippen LogP contribution in [-0.4, -0.2) is 28.0 Å². The average molecular weight is 376 g/mol. The monoisotopic (exact) mass is 376 g/mol. The minimum Gasteiger partial charge on any atom is -0.458 e. The topological polar surface area (TPSA) is 53.4 Å². The number of benzene rings is 2. The lowest BCUT2D eigenvalue weighted by atomic mass is 10.0. The molecular weight excluding hydrogens is 352 g/mol. The minimum absolute atomic E-state index is 0.0358. The lowest BCUT2D eigenvalue weighted by molar-refractivity contribution is 0.0142. The Kier molecular flexibility index (Phi) is 5.53. The van der Waals surface area contributed by atoms with E-state index in [2.05, 4.69) is 17.2 Å². The number of carbonyl (C=O) groups excluding carboxylic acids is 1. The second-order valence-corrected chi connectivity index (χ2v) is 7.19. The molecule has 1 aromatic heterocycles. The van der Waals surface area contributed by atoms with Gasteiger partial charge in [0.2, 0.25) is 0 Å². The molecule has 3 aromatic rings. The van der Waals surface area contributed by atoms with Crippen LogP contribution in [0.15, 0.2) is 72.9 Å². The summed E-state index contributed by atoms with van der Waals surface area (Å²) in [7, 11) is 1.92. The fourth-order valence-corrected chi connectivity index (χ4v) is 3.85. The van der Waals surface area contributed by atoms with E-state index in [1.165, 1.54) is 0 Å². The maximum Gasteiger partial charge on any atom is 0.338 e. The standard InChI is InChI=1S/C23H24N2O3/c1-25-21(12-13-24-25)20-14-19(27-16-17-8-4-2-5-9-17)15-22(20)28-23(26)18-10-6-3-7-11-18/h2-13,19-20,22H,14-16H2,1H3/t19-,20+,22-/m0/s1. The molecule has 0 bridgehead atoms. The van der Waals surface area contributed by atoms with Gasteiger partial charge in [-0.3, -0.25) is 4.68 Å². The first-order valence-electron chi connectivity index (χ1n) is 9.60. The lowest BCUT2D eigenvalue weighted by Crippen LogP contribution is -2.23. The van der Waals surface area contributed by atoms with Crippen molar-refractivity contribution in [2.24, 2.45) is 7.05 Å². The molecule has 5 nitrogen and oxygen atoms in total. The van der Waals surface area contributed by atoms with Crippen LogP contribution >= 0.6 is 0 Å². The van der Waals surface area contributed by atoms with Crippen LogP contribution in [0.1, 0.15) is 40.4 Å². The second kappa shape index (κ2) is 8.40. The zero-order valence-electron chi connectivity index (χ0n) is 15.9. The molecule has 0 spiro atoms. The number of rotatable bonds is 6. The van der Waals surface area contributed by atoms with Crippen LogP contribution in [0.25, 0.3) is 0 Å². The summed E-state index contributed by atoms with van der Waals surface area (Å²) >= 11 is 0. The molecule has 0 amide bonds. The van der Waals surface area contributed by atoms with E-state index in [0.29, 0.717) is 18.6 Å². The quantitative estimate of drug-likeness (QED) is 0.608. The second-order valence-electron chi connectivity index (χ2n) is 7.19. The molecule has 28 heavy (non-hydrogen) atoms. The van der Waals surface area contributed by atoms with Gasteiger partial charge in [-0.2, -0.15) is 5.10 Å². The number of hydrogen-bond donors (Lipinski definition) is 0. The van der Waals surface area contributed by atoms with Crippen molar-refractivity contribution in [2.45, 2.75) is 37.6 Å². The van der Waals surface area contributed by atoms with Crippen molar-refractivity contribution in [3.63, 3.8) is 0 Å². The van der Waals surface area contributed by atoms with Crippen molar-refractivity contribution < 1.29 is 14.3 Å². The highest BCUT2D eigenvalue weighted by atomic mass is 16.5. The summed E-state index contributed by atoms with van der Waals surface area (Å²) in [6, 6.07) is 21.3. The Hall–Kier alpha value is -2.92. The van der Waals surface area contributed by atoms with E-state index in [9.17, 15) is 4.79 Å². The molecule has 144 valence electrons. The Morgan fingerprint density at radius 3 is 2.43 bits per heavy atom. The number of nitrogens with zero attached hydrogens (tertiary/aromatic N) is 2. The molecule has 0 radical (unpaired) electrons. The van der Waals surface area contributed by atoms with E-state index in [1.807, 2.05) is 54.2 Å². The maximum absolute atomic E-state index is 12.6. The zero-order chi connectivity index (χ0) is 19.3. The molecule has 1 fully saturated rings. The minimum atomic E-state index is -0.290. The molecule has 3 atom stereocenters. The molecule has 2 aromatic carbocycles. The van der Waals surface area contributed by atoms with Gasteiger partial charge in [0.05, 0.1) is 18.3 Å². The van der Waals surface area contributed by atoms with Crippen LogP contribution in [0.4, 0.5) is 0 Å². The molecule has 4 rings (SSSR count). The number of aromatic nitrogens is 2. The van der Waals surface area contributed by atoms with Gasteiger partial charge < -0.3 is 9.47 Å². The Balaban J connectivity index is 1.47. The molecule has 1 aliphatic rings. The first kappa shape index (κ1) is 18.4. The van der Waals surface area contributed by atoms with Crippen LogP contribution in [0.5, 0.6) is 0 Å².